The molecule has 4 nitrogen and oxygen atoms in total. The first-order valence-corrected chi connectivity index (χ1v) is 21.1. The summed E-state index contributed by atoms with van der Waals surface area (Å²) in [6.45, 7) is 13.1. The van der Waals surface area contributed by atoms with Crippen molar-refractivity contribution in [2.75, 3.05) is 0 Å². The Morgan fingerprint density at radius 3 is 1.53 bits per heavy atom. The van der Waals surface area contributed by atoms with Crippen molar-refractivity contribution >= 4 is 22.8 Å². The number of para-hydroxylation sites is 1. The molecule has 3 aromatic rings. The van der Waals surface area contributed by atoms with Crippen molar-refractivity contribution < 1.29 is 26.7 Å². The van der Waals surface area contributed by atoms with Gasteiger partial charge in [0.15, 0.2) is 0 Å². The van der Waals surface area contributed by atoms with Gasteiger partial charge >= 0.3 is 16.5 Å². The zero-order valence-electron chi connectivity index (χ0n) is 34.4. The van der Waals surface area contributed by atoms with Crippen molar-refractivity contribution in [3.63, 3.8) is 0 Å². The van der Waals surface area contributed by atoms with Gasteiger partial charge in [-0.05, 0) is 106 Å². The second-order valence-electron chi connectivity index (χ2n) is 14.8. The van der Waals surface area contributed by atoms with Gasteiger partial charge in [0.05, 0.1) is 22.8 Å². The second kappa shape index (κ2) is 30.4. The van der Waals surface area contributed by atoms with Crippen LogP contribution < -0.4 is 10.2 Å². The third-order valence-corrected chi connectivity index (χ3v) is 9.67. The topological polar surface area (TPSA) is 70.8 Å². The van der Waals surface area contributed by atoms with E-state index in [-0.39, 0.29) is 28.0 Å². The number of hydrogen-bond acceptors (Lipinski definition) is 4. The summed E-state index contributed by atoms with van der Waals surface area (Å²) in [5.41, 5.74) is 8.77. The zero-order valence-corrected chi connectivity index (χ0v) is 35.3. The van der Waals surface area contributed by atoms with Gasteiger partial charge in [-0.15, -0.1) is 11.5 Å². The van der Waals surface area contributed by atoms with Crippen LogP contribution in [-0.2, 0) is 29.3 Å². The van der Waals surface area contributed by atoms with Gasteiger partial charge in [-0.1, -0.05) is 160 Å². The van der Waals surface area contributed by atoms with Crippen LogP contribution in [0.1, 0.15) is 178 Å². The molecule has 0 saturated heterocycles. The minimum Gasteiger partial charge on any atom is -0.873 e. The number of aliphatic imine (C=N–C) groups is 2. The molecule has 0 radical (unpaired) electrons. The molecule has 5 heteroatoms. The summed E-state index contributed by atoms with van der Waals surface area (Å²) in [5.74, 6) is -0.619. The van der Waals surface area contributed by atoms with E-state index >= 15 is 0 Å². The maximum atomic E-state index is 11.7. The minimum atomic E-state index is -0.329. The van der Waals surface area contributed by atoms with Gasteiger partial charge < -0.3 is 10.2 Å². The van der Waals surface area contributed by atoms with E-state index in [1.165, 1.54) is 112 Å². The molecule has 0 unspecified atom stereocenters. The van der Waals surface area contributed by atoms with E-state index in [2.05, 4.69) is 90.1 Å². The van der Waals surface area contributed by atoms with Crippen LogP contribution in [0.4, 0.5) is 11.4 Å². The number of aryl methyl sites for hydroxylation is 4. The van der Waals surface area contributed by atoms with E-state index in [1.54, 1.807) is 0 Å². The Labute approximate surface area is 335 Å². The normalized spacial score (nSPS) is 11.6. The number of rotatable bonds is 25. The fourth-order valence-electron chi connectivity index (χ4n) is 6.68. The monoisotopic (exact) mass is 766 g/mol. The number of benzene rings is 3. The standard InChI is InChI=1S/C33H50N2.C15H24O2.Ni/c1-5-7-9-10-11-12-13-14-15-20-24-32(34-30-21-18-16-19-22-30)33(23-17-8-6-2)35-31-26-28(3)25-29(4)27-31;1-3-5-7-9-13-10-12(8-6-4-2)11-14(16)15(13)17;/h16,18-19,21-22,25-27H,5-15,17,20,23-24H2,1-4H3;10-11,16-17H,3-9H2,1-2H3;/q;;+2/p-2. The molecular formula is C48H72N2NiO2. The summed E-state index contributed by atoms with van der Waals surface area (Å²) in [6, 6.07) is 20.5. The second-order valence-corrected chi connectivity index (χ2v) is 14.8. The number of nitrogens with zero attached hydrogens (tertiary/aromatic N) is 2. The molecule has 0 N–H and O–H groups in total. The molecule has 3 rings (SSSR count). The molecule has 0 saturated carbocycles. The van der Waals surface area contributed by atoms with E-state index in [4.69, 9.17) is 9.98 Å². The molecule has 53 heavy (non-hydrogen) atoms. The van der Waals surface area contributed by atoms with Gasteiger partial charge in [0, 0.05) is 0 Å². The summed E-state index contributed by atoms with van der Waals surface area (Å²) in [4.78, 5) is 10.3. The van der Waals surface area contributed by atoms with Crippen LogP contribution >= 0.6 is 0 Å². The van der Waals surface area contributed by atoms with Gasteiger partial charge in [-0.25, -0.2) is 0 Å². The number of unbranched alkanes of at least 4 members (excludes halogenated alkanes) is 14. The fourth-order valence-corrected chi connectivity index (χ4v) is 6.68. The molecular weight excluding hydrogens is 695 g/mol. The molecule has 296 valence electrons. The van der Waals surface area contributed by atoms with Gasteiger partial charge in [0.1, 0.15) is 0 Å². The average molecular weight is 768 g/mol. The van der Waals surface area contributed by atoms with Crippen LogP contribution in [-0.4, -0.2) is 11.4 Å². The van der Waals surface area contributed by atoms with Gasteiger partial charge in [0.2, 0.25) is 0 Å². The van der Waals surface area contributed by atoms with Crippen molar-refractivity contribution in [2.24, 2.45) is 9.98 Å². The van der Waals surface area contributed by atoms with E-state index in [0.717, 1.165) is 80.3 Å². The Kier molecular flexibility index (Phi) is 27.6. The van der Waals surface area contributed by atoms with Crippen molar-refractivity contribution in [3.05, 3.63) is 82.9 Å². The average Bonchev–Trinajstić information content (AvgIpc) is 3.13. The summed E-state index contributed by atoms with van der Waals surface area (Å²) >= 11 is 0. The predicted molar refractivity (Wildman–Crippen MR) is 224 cm³/mol. The minimum absolute atomic E-state index is 0. The quantitative estimate of drug-likeness (QED) is 0.0489. The number of hydrogen-bond donors (Lipinski definition) is 0. The first kappa shape index (κ1) is 48.1. The SMILES string of the molecule is CCCCCCCCCCCCC(=Nc1ccccc1)C(CCCCC)=Nc1cc(C)cc(C)c1.CCCCCc1cc(CCCC)cc([O-])c1[O-].[Ni+2]. The van der Waals surface area contributed by atoms with Crippen molar-refractivity contribution in [1.82, 2.24) is 0 Å². The first-order chi connectivity index (χ1) is 25.3. The van der Waals surface area contributed by atoms with Gasteiger partial charge in [0.25, 0.3) is 0 Å². The summed E-state index contributed by atoms with van der Waals surface area (Å²) in [6.07, 6.45) is 26.3. The molecule has 0 heterocycles. The molecule has 0 aliphatic carbocycles. The van der Waals surface area contributed by atoms with Gasteiger partial charge in [-0.3, -0.25) is 9.98 Å². The molecule has 0 bridgehead atoms. The van der Waals surface area contributed by atoms with E-state index in [9.17, 15) is 10.2 Å². The van der Waals surface area contributed by atoms with Crippen molar-refractivity contribution in [2.45, 2.75) is 183 Å². The van der Waals surface area contributed by atoms with Crippen LogP contribution in [0.25, 0.3) is 0 Å². The van der Waals surface area contributed by atoms with Crippen LogP contribution in [0.5, 0.6) is 11.5 Å². The maximum absolute atomic E-state index is 11.7. The Hall–Kier alpha value is -2.91. The summed E-state index contributed by atoms with van der Waals surface area (Å²) in [5, 5.41) is 23.2. The van der Waals surface area contributed by atoms with Crippen molar-refractivity contribution in [1.29, 1.82) is 0 Å². The molecule has 3 aromatic carbocycles. The Morgan fingerprint density at radius 1 is 0.491 bits per heavy atom. The Balaban J connectivity index is 0.000000655. The zero-order chi connectivity index (χ0) is 37.8. The largest absolute Gasteiger partial charge is 2.00 e. The smallest absolute Gasteiger partial charge is 0.873 e. The van der Waals surface area contributed by atoms with E-state index in [0.29, 0.717) is 0 Å². The van der Waals surface area contributed by atoms with E-state index in [1.807, 2.05) is 6.07 Å². The van der Waals surface area contributed by atoms with Crippen LogP contribution in [0.2, 0.25) is 0 Å². The molecule has 0 spiro atoms. The third-order valence-electron chi connectivity index (χ3n) is 9.67. The summed E-state index contributed by atoms with van der Waals surface area (Å²) < 4.78 is 0. The first-order valence-electron chi connectivity index (χ1n) is 21.1. The van der Waals surface area contributed by atoms with E-state index < -0.39 is 0 Å². The molecule has 0 fully saturated rings. The molecule has 0 aliphatic rings. The molecule has 0 aromatic heterocycles. The molecule has 0 aliphatic heterocycles. The Bertz CT molecular complexity index is 1410. The molecule has 0 amide bonds. The van der Waals surface area contributed by atoms with Crippen LogP contribution in [0.15, 0.2) is 70.6 Å². The molecule has 0 atom stereocenters. The van der Waals surface area contributed by atoms with Crippen LogP contribution in [0.3, 0.4) is 0 Å². The summed E-state index contributed by atoms with van der Waals surface area (Å²) in [7, 11) is 0. The third kappa shape index (κ3) is 21.5. The predicted octanol–water partition coefficient (Wildman–Crippen LogP) is 13.9. The van der Waals surface area contributed by atoms with Crippen molar-refractivity contribution in [3.8, 4) is 11.5 Å². The fraction of sp³-hybridized carbons (Fsp3) is 0.583. The maximum Gasteiger partial charge on any atom is 2.00 e. The van der Waals surface area contributed by atoms with Crippen LogP contribution in [0, 0.1) is 13.8 Å². The van der Waals surface area contributed by atoms with Gasteiger partial charge in [-0.2, -0.15) is 0 Å². The Morgan fingerprint density at radius 2 is 0.962 bits per heavy atom.